The zero-order valence-corrected chi connectivity index (χ0v) is 11.1. The Kier molecular flexibility index (Phi) is 3.62. The summed E-state index contributed by atoms with van der Waals surface area (Å²) in [5.74, 6) is -0.221. The van der Waals surface area contributed by atoms with Crippen LogP contribution in [0.3, 0.4) is 0 Å². The molecule has 0 saturated heterocycles. The van der Waals surface area contributed by atoms with E-state index in [0.717, 1.165) is 17.7 Å². The van der Waals surface area contributed by atoms with E-state index in [0.29, 0.717) is 5.15 Å². The van der Waals surface area contributed by atoms with Gasteiger partial charge in [0.25, 0.3) is 0 Å². The molecule has 1 aromatic heterocycles. The zero-order chi connectivity index (χ0) is 13.2. The third-order valence-corrected chi connectivity index (χ3v) is 3.14. The average Bonchev–Trinajstić information content (AvgIpc) is 2.32. The van der Waals surface area contributed by atoms with Crippen LogP contribution in [0.15, 0.2) is 36.4 Å². The number of nitrogens with zero attached hydrogens (tertiary/aromatic N) is 2. The molecule has 0 fully saturated rings. The van der Waals surface area contributed by atoms with Crippen LogP contribution in [-0.2, 0) is 11.8 Å². The van der Waals surface area contributed by atoms with Crippen molar-refractivity contribution >= 4 is 11.6 Å². The van der Waals surface area contributed by atoms with E-state index in [9.17, 15) is 4.39 Å². The molecule has 0 aliphatic rings. The maximum Gasteiger partial charge on any atom is 0.151 e. The molecule has 0 bridgehead atoms. The summed E-state index contributed by atoms with van der Waals surface area (Å²) in [5, 5.41) is 8.26. The first-order valence-corrected chi connectivity index (χ1v) is 6.09. The lowest BCUT2D eigenvalue weighted by molar-refractivity contribution is 0.510. The second-order valence-electron chi connectivity index (χ2n) is 4.91. The maximum atomic E-state index is 12.9. The molecule has 2 rings (SSSR count). The highest BCUT2D eigenvalue weighted by atomic mass is 35.5. The first-order chi connectivity index (χ1) is 8.47. The molecule has 0 radical (unpaired) electrons. The van der Waals surface area contributed by atoms with Gasteiger partial charge < -0.3 is 0 Å². The Balaban J connectivity index is 2.20. The van der Waals surface area contributed by atoms with E-state index < -0.39 is 0 Å². The molecular weight excluding hydrogens is 251 g/mol. The lowest BCUT2D eigenvalue weighted by Crippen LogP contribution is -2.21. The zero-order valence-electron chi connectivity index (χ0n) is 10.3. The van der Waals surface area contributed by atoms with Crippen molar-refractivity contribution in [1.29, 1.82) is 0 Å². The fraction of sp³-hybridized carbons (Fsp3) is 0.286. The summed E-state index contributed by atoms with van der Waals surface area (Å²) in [4.78, 5) is 0. The summed E-state index contributed by atoms with van der Waals surface area (Å²) in [7, 11) is 0. The first-order valence-electron chi connectivity index (χ1n) is 5.71. The summed E-state index contributed by atoms with van der Waals surface area (Å²) in [6.07, 6.45) is 0.725. The van der Waals surface area contributed by atoms with E-state index in [1.807, 2.05) is 6.07 Å². The molecule has 1 aromatic carbocycles. The summed E-state index contributed by atoms with van der Waals surface area (Å²) in [6.45, 7) is 4.19. The quantitative estimate of drug-likeness (QED) is 0.843. The summed E-state index contributed by atoms with van der Waals surface area (Å²) < 4.78 is 12.9. The Hall–Kier alpha value is -1.48. The number of halogens is 2. The van der Waals surface area contributed by atoms with Gasteiger partial charge in [0.15, 0.2) is 5.15 Å². The van der Waals surface area contributed by atoms with E-state index in [1.54, 1.807) is 18.2 Å². The van der Waals surface area contributed by atoms with Crippen LogP contribution in [0.2, 0.25) is 5.15 Å². The lowest BCUT2D eigenvalue weighted by Gasteiger charge is -2.24. The molecule has 0 amide bonds. The third-order valence-electron chi connectivity index (χ3n) is 2.94. The van der Waals surface area contributed by atoms with E-state index in [-0.39, 0.29) is 11.2 Å². The number of aromatic nitrogens is 2. The molecule has 0 aliphatic heterocycles. The van der Waals surface area contributed by atoms with Crippen LogP contribution >= 0.6 is 11.6 Å². The van der Waals surface area contributed by atoms with Crippen molar-refractivity contribution < 1.29 is 4.39 Å². The van der Waals surface area contributed by atoms with Crippen molar-refractivity contribution in [3.05, 3.63) is 58.6 Å². The molecule has 2 aromatic rings. The second-order valence-corrected chi connectivity index (χ2v) is 5.30. The van der Waals surface area contributed by atoms with E-state index in [1.165, 1.54) is 12.1 Å². The van der Waals surface area contributed by atoms with Gasteiger partial charge in [-0.2, -0.15) is 5.10 Å². The van der Waals surface area contributed by atoms with Gasteiger partial charge in [0.1, 0.15) is 5.82 Å². The number of benzene rings is 1. The number of rotatable bonds is 3. The molecule has 2 nitrogen and oxygen atoms in total. The Labute approximate surface area is 111 Å². The topological polar surface area (TPSA) is 25.8 Å². The third kappa shape index (κ3) is 3.05. The predicted octanol–water partition coefficient (Wildman–Crippen LogP) is 3.79. The van der Waals surface area contributed by atoms with Gasteiger partial charge in [0.05, 0.1) is 5.69 Å². The van der Waals surface area contributed by atoms with E-state index >= 15 is 0 Å². The van der Waals surface area contributed by atoms with Crippen LogP contribution in [-0.4, -0.2) is 10.2 Å². The molecule has 18 heavy (non-hydrogen) atoms. The van der Waals surface area contributed by atoms with Crippen molar-refractivity contribution in [1.82, 2.24) is 10.2 Å². The molecular formula is C14H14ClFN2. The first kappa shape index (κ1) is 13.0. The minimum atomic E-state index is -0.221. The minimum absolute atomic E-state index is 0.129. The van der Waals surface area contributed by atoms with Gasteiger partial charge in [0, 0.05) is 6.42 Å². The summed E-state index contributed by atoms with van der Waals surface area (Å²) >= 11 is 5.70. The summed E-state index contributed by atoms with van der Waals surface area (Å²) in [6, 6.07) is 10.2. The summed E-state index contributed by atoms with van der Waals surface area (Å²) in [5.41, 5.74) is 1.81. The maximum absolute atomic E-state index is 12.9. The molecule has 0 aliphatic carbocycles. The second kappa shape index (κ2) is 5.02. The van der Waals surface area contributed by atoms with Gasteiger partial charge in [-0.3, -0.25) is 0 Å². The van der Waals surface area contributed by atoms with Crippen molar-refractivity contribution in [3.63, 3.8) is 0 Å². The molecule has 4 heteroatoms. The van der Waals surface area contributed by atoms with Gasteiger partial charge in [0.2, 0.25) is 0 Å². The van der Waals surface area contributed by atoms with Crippen molar-refractivity contribution in [2.24, 2.45) is 0 Å². The molecule has 94 valence electrons. The van der Waals surface area contributed by atoms with Gasteiger partial charge in [-0.15, -0.1) is 5.10 Å². The van der Waals surface area contributed by atoms with Crippen LogP contribution in [0.25, 0.3) is 0 Å². The molecule has 0 unspecified atom stereocenters. The molecule has 1 heterocycles. The Morgan fingerprint density at radius 3 is 2.28 bits per heavy atom. The molecule has 0 spiro atoms. The van der Waals surface area contributed by atoms with Gasteiger partial charge in [-0.25, -0.2) is 4.39 Å². The Morgan fingerprint density at radius 1 is 1.06 bits per heavy atom. The number of hydrogen-bond acceptors (Lipinski definition) is 2. The van der Waals surface area contributed by atoms with Gasteiger partial charge >= 0.3 is 0 Å². The SMILES string of the molecule is CC(C)(Cc1ccc(Cl)nn1)c1ccc(F)cc1. The smallest absolute Gasteiger partial charge is 0.151 e. The van der Waals surface area contributed by atoms with Crippen LogP contribution in [0.1, 0.15) is 25.1 Å². The van der Waals surface area contributed by atoms with Crippen molar-refractivity contribution in [2.45, 2.75) is 25.7 Å². The minimum Gasteiger partial charge on any atom is -0.207 e. The molecule has 0 atom stereocenters. The normalized spacial score (nSPS) is 11.6. The Morgan fingerprint density at radius 2 is 1.72 bits per heavy atom. The Bertz CT molecular complexity index is 520. The highest BCUT2D eigenvalue weighted by Gasteiger charge is 2.22. The fourth-order valence-corrected chi connectivity index (χ4v) is 1.99. The van der Waals surface area contributed by atoms with Crippen LogP contribution < -0.4 is 0 Å². The molecule has 0 saturated carbocycles. The van der Waals surface area contributed by atoms with Crippen molar-refractivity contribution in [2.75, 3.05) is 0 Å². The monoisotopic (exact) mass is 264 g/mol. The standard InChI is InChI=1S/C14H14ClFN2/c1-14(2,10-3-5-11(16)6-4-10)9-12-7-8-13(15)18-17-12/h3-8H,9H2,1-2H3. The van der Waals surface area contributed by atoms with Gasteiger partial charge in [-0.1, -0.05) is 37.6 Å². The molecule has 0 N–H and O–H groups in total. The van der Waals surface area contributed by atoms with Crippen LogP contribution in [0.5, 0.6) is 0 Å². The van der Waals surface area contributed by atoms with Crippen LogP contribution in [0, 0.1) is 5.82 Å². The lowest BCUT2D eigenvalue weighted by atomic mass is 9.80. The number of hydrogen-bond donors (Lipinski definition) is 0. The average molecular weight is 265 g/mol. The highest BCUT2D eigenvalue weighted by Crippen LogP contribution is 2.27. The van der Waals surface area contributed by atoms with E-state index in [2.05, 4.69) is 24.0 Å². The van der Waals surface area contributed by atoms with E-state index in [4.69, 9.17) is 11.6 Å². The van der Waals surface area contributed by atoms with Crippen molar-refractivity contribution in [3.8, 4) is 0 Å². The predicted molar refractivity (Wildman–Crippen MR) is 70.2 cm³/mol. The fourth-order valence-electron chi connectivity index (χ4n) is 1.89. The highest BCUT2D eigenvalue weighted by molar-refractivity contribution is 6.29. The van der Waals surface area contributed by atoms with Gasteiger partial charge in [-0.05, 0) is 35.2 Å². The van der Waals surface area contributed by atoms with Crippen LogP contribution in [0.4, 0.5) is 4.39 Å². The largest absolute Gasteiger partial charge is 0.207 e.